The van der Waals surface area contributed by atoms with Crippen molar-refractivity contribution < 1.29 is 4.79 Å². The van der Waals surface area contributed by atoms with Crippen LogP contribution in [0.1, 0.15) is 0 Å². The Kier molecular flexibility index (Phi) is 5.90. The molecule has 6 heteroatoms. The first kappa shape index (κ1) is 13.2. The van der Waals surface area contributed by atoms with Crippen LogP contribution in [0.15, 0.2) is 19.4 Å². The molecule has 3 N–H and O–H groups in total. The SMILES string of the molecule is N/C(I)=C\C=C(/I)CN1CCNC(=O)C1. The number of nitrogens with one attached hydrogen (secondary N) is 1. The molecule has 0 bridgehead atoms. The van der Waals surface area contributed by atoms with Crippen molar-refractivity contribution in [3.63, 3.8) is 0 Å². The summed E-state index contributed by atoms with van der Waals surface area (Å²) < 4.78 is 1.94. The van der Waals surface area contributed by atoms with Gasteiger partial charge in [0.25, 0.3) is 0 Å². The van der Waals surface area contributed by atoms with Crippen LogP contribution in [0, 0.1) is 0 Å². The van der Waals surface area contributed by atoms with E-state index in [4.69, 9.17) is 5.73 Å². The number of allylic oxidation sites excluding steroid dienone is 2. The third-order valence-corrected chi connectivity index (χ3v) is 2.98. The van der Waals surface area contributed by atoms with E-state index in [2.05, 4.69) is 55.4 Å². The van der Waals surface area contributed by atoms with Crippen LogP contribution in [0.25, 0.3) is 0 Å². The first-order valence-electron chi connectivity index (χ1n) is 4.54. The van der Waals surface area contributed by atoms with Gasteiger partial charge >= 0.3 is 0 Å². The average Bonchev–Trinajstić information content (AvgIpc) is 2.15. The van der Waals surface area contributed by atoms with Crippen molar-refractivity contribution in [3.8, 4) is 0 Å². The molecule has 84 valence electrons. The molecule has 1 saturated heterocycles. The van der Waals surface area contributed by atoms with Crippen molar-refractivity contribution in [2.75, 3.05) is 26.2 Å². The third-order valence-electron chi connectivity index (χ3n) is 1.92. The summed E-state index contributed by atoms with van der Waals surface area (Å²) in [6.07, 6.45) is 3.85. The molecule has 4 nitrogen and oxygen atoms in total. The van der Waals surface area contributed by atoms with Gasteiger partial charge in [0, 0.05) is 23.2 Å². The molecule has 1 heterocycles. The van der Waals surface area contributed by atoms with Gasteiger partial charge in [0.05, 0.1) is 10.2 Å². The van der Waals surface area contributed by atoms with Crippen LogP contribution < -0.4 is 11.1 Å². The normalized spacial score (nSPS) is 20.3. The maximum absolute atomic E-state index is 11.1. The minimum Gasteiger partial charge on any atom is -0.394 e. The Morgan fingerprint density at radius 2 is 2.27 bits per heavy atom. The highest BCUT2D eigenvalue weighted by atomic mass is 127. The number of carbonyl (C=O) groups excluding carboxylic acids is 1. The summed E-state index contributed by atoms with van der Waals surface area (Å²) in [5.41, 5.74) is 5.52. The molecule has 0 unspecified atom stereocenters. The number of halogens is 2. The molecule has 1 amide bonds. The lowest BCUT2D eigenvalue weighted by Gasteiger charge is -2.26. The van der Waals surface area contributed by atoms with Crippen molar-refractivity contribution in [2.24, 2.45) is 5.73 Å². The molecule has 0 radical (unpaired) electrons. The maximum Gasteiger partial charge on any atom is 0.234 e. The van der Waals surface area contributed by atoms with Gasteiger partial charge in [-0.25, -0.2) is 0 Å². The second kappa shape index (κ2) is 6.69. The Morgan fingerprint density at radius 3 is 2.87 bits per heavy atom. The van der Waals surface area contributed by atoms with Gasteiger partial charge in [-0.05, 0) is 57.3 Å². The molecule has 0 aromatic rings. The minimum absolute atomic E-state index is 0.106. The van der Waals surface area contributed by atoms with Gasteiger partial charge in [-0.1, -0.05) is 0 Å². The van der Waals surface area contributed by atoms with Gasteiger partial charge in [-0.2, -0.15) is 0 Å². The minimum atomic E-state index is 0.106. The molecule has 0 aliphatic carbocycles. The number of hydrogen-bond donors (Lipinski definition) is 2. The van der Waals surface area contributed by atoms with Crippen LogP contribution >= 0.6 is 45.2 Å². The first-order valence-corrected chi connectivity index (χ1v) is 6.70. The zero-order chi connectivity index (χ0) is 11.3. The molecule has 0 spiro atoms. The highest BCUT2D eigenvalue weighted by Crippen LogP contribution is 2.10. The lowest BCUT2D eigenvalue weighted by atomic mass is 10.3. The number of amides is 1. The predicted octanol–water partition coefficient (Wildman–Crippen LogP) is 0.972. The van der Waals surface area contributed by atoms with E-state index in [-0.39, 0.29) is 5.91 Å². The highest BCUT2D eigenvalue weighted by Gasteiger charge is 2.15. The Bertz CT molecular complexity index is 298. The van der Waals surface area contributed by atoms with E-state index in [0.29, 0.717) is 6.54 Å². The van der Waals surface area contributed by atoms with Crippen LogP contribution in [0.3, 0.4) is 0 Å². The molecule has 1 aliphatic heterocycles. The quantitative estimate of drug-likeness (QED) is 0.397. The molecule has 0 aromatic carbocycles. The molecule has 15 heavy (non-hydrogen) atoms. The van der Waals surface area contributed by atoms with E-state index in [9.17, 15) is 4.79 Å². The van der Waals surface area contributed by atoms with Crippen molar-refractivity contribution in [2.45, 2.75) is 0 Å². The summed E-state index contributed by atoms with van der Waals surface area (Å²) in [5.74, 6) is 0.106. The van der Waals surface area contributed by atoms with Crippen LogP contribution in [-0.4, -0.2) is 37.0 Å². The third kappa shape index (κ3) is 5.71. The maximum atomic E-state index is 11.1. The van der Waals surface area contributed by atoms with Crippen molar-refractivity contribution in [1.29, 1.82) is 0 Å². The molecule has 1 rings (SSSR count). The lowest BCUT2D eigenvalue weighted by Crippen LogP contribution is -2.47. The predicted molar refractivity (Wildman–Crippen MR) is 77.8 cm³/mol. The smallest absolute Gasteiger partial charge is 0.234 e. The Balaban J connectivity index is 2.43. The highest BCUT2D eigenvalue weighted by molar-refractivity contribution is 14.1. The van der Waals surface area contributed by atoms with Gasteiger partial charge in [0.2, 0.25) is 5.91 Å². The van der Waals surface area contributed by atoms with Gasteiger partial charge in [-0.15, -0.1) is 0 Å². The number of hydrogen-bond acceptors (Lipinski definition) is 3. The van der Waals surface area contributed by atoms with Gasteiger partial charge in [0.15, 0.2) is 0 Å². The van der Waals surface area contributed by atoms with Crippen molar-refractivity contribution in [3.05, 3.63) is 19.4 Å². The lowest BCUT2D eigenvalue weighted by molar-refractivity contribution is -0.123. The van der Waals surface area contributed by atoms with Crippen LogP contribution in [0.4, 0.5) is 0 Å². The van der Waals surface area contributed by atoms with Crippen molar-refractivity contribution in [1.82, 2.24) is 10.2 Å². The Labute approximate surface area is 117 Å². The molecule has 0 aromatic heterocycles. The summed E-state index contributed by atoms with van der Waals surface area (Å²) in [6.45, 7) is 2.96. The number of nitrogens with zero attached hydrogens (tertiary/aromatic N) is 1. The standard InChI is InChI=1S/C9H13I2N3O/c10-7(1-2-8(11)12)5-14-4-3-13-9(15)6-14/h1-2H,3-6,12H2,(H,13,15)/b7-1-,8-2-. The molecule has 1 fully saturated rings. The molecule has 0 saturated carbocycles. The Morgan fingerprint density at radius 1 is 1.53 bits per heavy atom. The Hall–Kier alpha value is 0.170. The molecular weight excluding hydrogens is 420 g/mol. The largest absolute Gasteiger partial charge is 0.394 e. The number of piperazine rings is 1. The number of nitrogens with two attached hydrogens (primary N) is 1. The second-order valence-electron chi connectivity index (χ2n) is 3.23. The van der Waals surface area contributed by atoms with Gasteiger partial charge in [0.1, 0.15) is 0 Å². The molecule has 0 atom stereocenters. The number of rotatable bonds is 3. The van der Waals surface area contributed by atoms with Crippen LogP contribution in [-0.2, 0) is 4.79 Å². The number of carbonyl (C=O) groups is 1. The first-order chi connectivity index (χ1) is 7.08. The van der Waals surface area contributed by atoms with E-state index >= 15 is 0 Å². The van der Waals surface area contributed by atoms with E-state index < -0.39 is 0 Å². The zero-order valence-corrected chi connectivity index (χ0v) is 12.5. The second-order valence-corrected chi connectivity index (χ2v) is 5.86. The summed E-state index contributed by atoms with van der Waals surface area (Å²) in [5, 5.41) is 2.80. The fourth-order valence-electron chi connectivity index (χ4n) is 1.26. The molecule has 1 aliphatic rings. The fourth-order valence-corrected chi connectivity index (χ4v) is 2.10. The molecular formula is C9H13I2N3O. The summed E-state index contributed by atoms with van der Waals surface area (Å²) in [7, 11) is 0. The summed E-state index contributed by atoms with van der Waals surface area (Å²) in [6, 6.07) is 0. The van der Waals surface area contributed by atoms with E-state index in [1.807, 2.05) is 12.2 Å². The van der Waals surface area contributed by atoms with Gasteiger partial charge in [-0.3, -0.25) is 9.69 Å². The summed E-state index contributed by atoms with van der Waals surface area (Å²) in [4.78, 5) is 13.2. The van der Waals surface area contributed by atoms with E-state index in [1.165, 1.54) is 3.58 Å². The van der Waals surface area contributed by atoms with Crippen molar-refractivity contribution >= 4 is 51.1 Å². The summed E-state index contributed by atoms with van der Waals surface area (Å²) >= 11 is 4.33. The zero-order valence-electron chi connectivity index (χ0n) is 8.17. The van der Waals surface area contributed by atoms with Crippen LogP contribution in [0.5, 0.6) is 0 Å². The fraction of sp³-hybridized carbons (Fsp3) is 0.444. The topological polar surface area (TPSA) is 58.4 Å². The van der Waals surface area contributed by atoms with Gasteiger partial charge < -0.3 is 11.1 Å². The van der Waals surface area contributed by atoms with Crippen LogP contribution in [0.2, 0.25) is 0 Å². The average molecular weight is 433 g/mol. The van der Waals surface area contributed by atoms with E-state index in [0.717, 1.165) is 23.3 Å². The monoisotopic (exact) mass is 433 g/mol. The van der Waals surface area contributed by atoms with E-state index in [1.54, 1.807) is 0 Å².